The van der Waals surface area contributed by atoms with Crippen molar-refractivity contribution in [2.75, 3.05) is 0 Å². The predicted molar refractivity (Wildman–Crippen MR) is 276 cm³/mol. The normalized spacial score (nSPS) is 11.3. The van der Waals surface area contributed by atoms with Crippen molar-refractivity contribution in [3.05, 3.63) is 249 Å². The number of para-hydroxylation sites is 1. The number of fused-ring (bicyclic) bond motifs is 3. The van der Waals surface area contributed by atoms with Crippen LogP contribution in [0.3, 0.4) is 0 Å². The van der Waals surface area contributed by atoms with Crippen LogP contribution in [0.1, 0.15) is 0 Å². The van der Waals surface area contributed by atoms with E-state index in [0.29, 0.717) is 17.5 Å². The average Bonchev–Trinajstić information content (AvgIpc) is 3.81. The van der Waals surface area contributed by atoms with Gasteiger partial charge in [0.2, 0.25) is 0 Å². The van der Waals surface area contributed by atoms with Crippen LogP contribution in [0.2, 0.25) is 0 Å². The highest BCUT2D eigenvalue weighted by Gasteiger charge is 2.21. The summed E-state index contributed by atoms with van der Waals surface area (Å²) in [6.45, 7) is 0. The molecule has 10 aromatic carbocycles. The highest BCUT2D eigenvalue weighted by Crippen LogP contribution is 2.43. The monoisotopic (exact) mass is 855 g/mol. The number of hydrogen-bond acceptors (Lipinski definition) is 4. The molecule has 0 amide bonds. The highest BCUT2D eigenvalue weighted by molar-refractivity contribution is 6.15. The van der Waals surface area contributed by atoms with Crippen LogP contribution < -0.4 is 0 Å². The molecule has 0 aliphatic rings. The third-order valence-corrected chi connectivity index (χ3v) is 12.6. The van der Waals surface area contributed by atoms with Gasteiger partial charge in [-0.3, -0.25) is 0 Å². The molecular weight excluding hydrogens is 815 g/mol. The zero-order valence-electron chi connectivity index (χ0n) is 36.4. The summed E-state index contributed by atoms with van der Waals surface area (Å²) in [6.07, 6.45) is 0. The Labute approximate surface area is 389 Å². The summed E-state index contributed by atoms with van der Waals surface area (Å²) in [5.74, 6) is 1.75. The van der Waals surface area contributed by atoms with Crippen molar-refractivity contribution in [1.29, 1.82) is 0 Å². The van der Waals surface area contributed by atoms with Gasteiger partial charge in [0.15, 0.2) is 17.5 Å². The second-order valence-electron chi connectivity index (χ2n) is 16.7. The summed E-state index contributed by atoms with van der Waals surface area (Å²) >= 11 is 0. The third-order valence-electron chi connectivity index (χ3n) is 12.6. The summed E-state index contributed by atoms with van der Waals surface area (Å²) in [5, 5.41) is 1.95. The van der Waals surface area contributed by atoms with E-state index in [-0.39, 0.29) is 0 Å². The van der Waals surface area contributed by atoms with Crippen molar-refractivity contribution in [1.82, 2.24) is 15.0 Å². The van der Waals surface area contributed by atoms with Crippen LogP contribution in [0.5, 0.6) is 0 Å². The van der Waals surface area contributed by atoms with E-state index >= 15 is 0 Å². The highest BCUT2D eigenvalue weighted by atomic mass is 16.3. The Bertz CT molecular complexity index is 3700. The maximum absolute atomic E-state index is 6.88. The van der Waals surface area contributed by atoms with Crippen molar-refractivity contribution < 1.29 is 4.42 Å². The van der Waals surface area contributed by atoms with Gasteiger partial charge in [0, 0.05) is 33.0 Å². The predicted octanol–water partition coefficient (Wildman–Crippen LogP) is 16.8. The number of furan rings is 1. The lowest BCUT2D eigenvalue weighted by Crippen LogP contribution is -2.00. The molecule has 0 saturated heterocycles. The molecule has 0 spiro atoms. The van der Waals surface area contributed by atoms with Gasteiger partial charge in [-0.05, 0) is 79.4 Å². The minimum absolute atomic E-state index is 0.571. The molecule has 0 fully saturated rings. The largest absolute Gasteiger partial charge is 0.455 e. The fraction of sp³-hybridized carbons (Fsp3) is 0. The Morgan fingerprint density at radius 2 is 0.672 bits per heavy atom. The topological polar surface area (TPSA) is 51.8 Å². The molecule has 0 atom stereocenters. The van der Waals surface area contributed by atoms with Crippen LogP contribution in [0.25, 0.3) is 123 Å². The average molecular weight is 856 g/mol. The maximum atomic E-state index is 6.88. The molecule has 4 nitrogen and oxygen atoms in total. The molecule has 0 unspecified atom stereocenters. The third kappa shape index (κ3) is 7.67. The molecule has 2 aromatic heterocycles. The summed E-state index contributed by atoms with van der Waals surface area (Å²) in [5.41, 5.74) is 17.8. The van der Waals surface area contributed by atoms with Crippen molar-refractivity contribution in [3.63, 3.8) is 0 Å². The lowest BCUT2D eigenvalue weighted by Gasteiger charge is -2.13. The first-order chi connectivity index (χ1) is 33.2. The Kier molecular flexibility index (Phi) is 10.2. The summed E-state index contributed by atoms with van der Waals surface area (Å²) < 4.78 is 6.88. The smallest absolute Gasteiger partial charge is 0.164 e. The minimum Gasteiger partial charge on any atom is -0.455 e. The lowest BCUT2D eigenvalue weighted by atomic mass is 9.90. The molecule has 0 saturated carbocycles. The molecule has 0 bridgehead atoms. The van der Waals surface area contributed by atoms with Gasteiger partial charge in [-0.25, -0.2) is 15.0 Å². The van der Waals surface area contributed by atoms with Crippen molar-refractivity contribution >= 4 is 21.9 Å². The van der Waals surface area contributed by atoms with Gasteiger partial charge in [0.1, 0.15) is 11.2 Å². The van der Waals surface area contributed by atoms with Gasteiger partial charge in [-0.15, -0.1) is 0 Å². The fourth-order valence-electron chi connectivity index (χ4n) is 9.22. The Balaban J connectivity index is 0.993. The zero-order valence-corrected chi connectivity index (χ0v) is 36.4. The molecular formula is C63H41N3O. The molecule has 2 heterocycles. The van der Waals surface area contributed by atoms with Gasteiger partial charge in [-0.1, -0.05) is 231 Å². The van der Waals surface area contributed by atoms with Gasteiger partial charge >= 0.3 is 0 Å². The standard InChI is InChI=1S/C63H41N3O/c1-5-16-42(17-6-1)44-30-32-46(33-31-44)50-24-13-25-52(40-50)62-64-61(49-36-34-45(35-37-49)43-18-7-2-8-19-43)65-63(66-62)56-28-15-29-58-59(56)55-27-14-26-54(60(55)67-58)51-38-39-53(47-20-9-3-10-21-47)57(41-51)48-22-11-4-12-23-48/h1-41H. The van der Waals surface area contributed by atoms with E-state index in [9.17, 15) is 0 Å². The molecule has 0 N–H and O–H groups in total. The van der Waals surface area contributed by atoms with E-state index in [1.807, 2.05) is 24.3 Å². The quantitative estimate of drug-likeness (QED) is 0.145. The Morgan fingerprint density at radius 3 is 1.30 bits per heavy atom. The van der Waals surface area contributed by atoms with E-state index in [2.05, 4.69) is 224 Å². The van der Waals surface area contributed by atoms with E-state index in [4.69, 9.17) is 19.4 Å². The second-order valence-corrected chi connectivity index (χ2v) is 16.7. The van der Waals surface area contributed by atoms with E-state index in [1.54, 1.807) is 0 Å². The van der Waals surface area contributed by atoms with Crippen LogP contribution in [0.15, 0.2) is 253 Å². The SMILES string of the molecule is c1ccc(-c2ccc(-c3cccc(-c4nc(-c5ccc(-c6ccccc6)cc5)nc(-c5cccc6oc7c(-c8ccc(-c9ccccc9)c(-c9ccccc9)c8)cccc7c56)n4)c3)cc2)cc1. The fourth-order valence-corrected chi connectivity index (χ4v) is 9.22. The van der Waals surface area contributed by atoms with Crippen LogP contribution in [-0.2, 0) is 0 Å². The van der Waals surface area contributed by atoms with Gasteiger partial charge in [0.05, 0.1) is 0 Å². The van der Waals surface area contributed by atoms with Crippen molar-refractivity contribution in [3.8, 4) is 101 Å². The first-order valence-corrected chi connectivity index (χ1v) is 22.6. The van der Waals surface area contributed by atoms with Crippen LogP contribution in [0, 0.1) is 0 Å². The zero-order chi connectivity index (χ0) is 44.5. The van der Waals surface area contributed by atoms with Crippen LogP contribution in [0.4, 0.5) is 0 Å². The number of hydrogen-bond donors (Lipinski definition) is 0. The van der Waals surface area contributed by atoms with E-state index in [1.165, 1.54) is 22.3 Å². The summed E-state index contributed by atoms with van der Waals surface area (Å²) in [6, 6.07) is 87.0. The first-order valence-electron chi connectivity index (χ1n) is 22.6. The Hall–Kier alpha value is -8.99. The first kappa shape index (κ1) is 39.6. The molecule has 314 valence electrons. The summed E-state index contributed by atoms with van der Waals surface area (Å²) in [7, 11) is 0. The number of aromatic nitrogens is 3. The van der Waals surface area contributed by atoms with Crippen molar-refractivity contribution in [2.24, 2.45) is 0 Å². The van der Waals surface area contributed by atoms with E-state index in [0.717, 1.165) is 83.1 Å². The lowest BCUT2D eigenvalue weighted by molar-refractivity contribution is 0.670. The molecule has 12 aromatic rings. The molecule has 0 radical (unpaired) electrons. The minimum atomic E-state index is 0.571. The number of benzene rings is 10. The van der Waals surface area contributed by atoms with Gasteiger partial charge in [-0.2, -0.15) is 0 Å². The number of rotatable bonds is 9. The van der Waals surface area contributed by atoms with E-state index < -0.39 is 0 Å². The molecule has 12 rings (SSSR count). The molecule has 67 heavy (non-hydrogen) atoms. The van der Waals surface area contributed by atoms with Gasteiger partial charge < -0.3 is 4.42 Å². The Morgan fingerprint density at radius 1 is 0.239 bits per heavy atom. The molecule has 4 heteroatoms. The van der Waals surface area contributed by atoms with Crippen molar-refractivity contribution in [2.45, 2.75) is 0 Å². The molecule has 0 aliphatic heterocycles. The summed E-state index contributed by atoms with van der Waals surface area (Å²) in [4.78, 5) is 15.7. The maximum Gasteiger partial charge on any atom is 0.164 e. The molecule has 0 aliphatic carbocycles. The van der Waals surface area contributed by atoms with Gasteiger partial charge in [0.25, 0.3) is 0 Å². The van der Waals surface area contributed by atoms with Crippen LogP contribution >= 0.6 is 0 Å². The number of nitrogens with zero attached hydrogens (tertiary/aromatic N) is 3. The van der Waals surface area contributed by atoms with Crippen LogP contribution in [-0.4, -0.2) is 15.0 Å². The second kappa shape index (κ2) is 17.2.